The van der Waals surface area contributed by atoms with Gasteiger partial charge in [-0.2, -0.15) is 5.10 Å². The van der Waals surface area contributed by atoms with Gasteiger partial charge in [0.1, 0.15) is 0 Å². The molecule has 1 heterocycles. The van der Waals surface area contributed by atoms with E-state index in [2.05, 4.69) is 43.6 Å². The fourth-order valence-corrected chi connectivity index (χ4v) is 3.52. The van der Waals surface area contributed by atoms with Gasteiger partial charge in [-0.25, -0.2) is 0 Å². The Labute approximate surface area is 124 Å². The van der Waals surface area contributed by atoms with Crippen LogP contribution in [0.1, 0.15) is 58.4 Å². The van der Waals surface area contributed by atoms with Crippen molar-refractivity contribution >= 4 is 0 Å². The number of nitrogens with zero attached hydrogens (tertiary/aromatic N) is 2. The number of hydrogen-bond acceptors (Lipinski definition) is 2. The van der Waals surface area contributed by atoms with Crippen molar-refractivity contribution in [3.8, 4) is 0 Å². The van der Waals surface area contributed by atoms with E-state index >= 15 is 0 Å². The molecule has 3 heteroatoms. The average molecular weight is 277 g/mol. The van der Waals surface area contributed by atoms with Crippen molar-refractivity contribution in [2.75, 3.05) is 6.54 Å². The van der Waals surface area contributed by atoms with Crippen LogP contribution in [0, 0.1) is 11.8 Å². The number of hydrogen-bond donors (Lipinski definition) is 1. The molecule has 1 N–H and O–H groups in total. The summed E-state index contributed by atoms with van der Waals surface area (Å²) < 4.78 is 2.04. The maximum Gasteiger partial charge on any atom is 0.0522 e. The van der Waals surface area contributed by atoms with Crippen molar-refractivity contribution in [2.24, 2.45) is 11.8 Å². The molecule has 1 aliphatic carbocycles. The summed E-state index contributed by atoms with van der Waals surface area (Å²) in [5.41, 5.74) is 1.39. The van der Waals surface area contributed by atoms with Gasteiger partial charge in [0.15, 0.2) is 0 Å². The summed E-state index contributed by atoms with van der Waals surface area (Å²) >= 11 is 0. The smallest absolute Gasteiger partial charge is 0.0522 e. The molecule has 0 saturated heterocycles. The zero-order valence-electron chi connectivity index (χ0n) is 13.4. The van der Waals surface area contributed by atoms with E-state index in [9.17, 15) is 0 Å². The summed E-state index contributed by atoms with van der Waals surface area (Å²) in [5.74, 6) is 1.74. The summed E-state index contributed by atoms with van der Waals surface area (Å²) in [7, 11) is 0. The quantitative estimate of drug-likeness (QED) is 0.824. The van der Waals surface area contributed by atoms with Gasteiger partial charge >= 0.3 is 0 Å². The Morgan fingerprint density at radius 1 is 1.40 bits per heavy atom. The normalized spacial score (nSPS) is 24.8. The molecule has 0 bridgehead atoms. The van der Waals surface area contributed by atoms with Gasteiger partial charge in [0.05, 0.1) is 6.20 Å². The number of rotatable bonds is 7. The van der Waals surface area contributed by atoms with Crippen LogP contribution in [-0.2, 0) is 13.0 Å². The van der Waals surface area contributed by atoms with Crippen molar-refractivity contribution in [2.45, 2.75) is 71.9 Å². The third kappa shape index (κ3) is 4.34. The highest BCUT2D eigenvalue weighted by atomic mass is 15.3. The maximum absolute atomic E-state index is 4.42. The minimum absolute atomic E-state index is 0.632. The number of nitrogens with one attached hydrogen (secondary N) is 1. The molecule has 0 aromatic carbocycles. The molecule has 3 nitrogen and oxygen atoms in total. The second-order valence-corrected chi connectivity index (χ2v) is 6.50. The van der Waals surface area contributed by atoms with Crippen LogP contribution in [0.15, 0.2) is 12.4 Å². The largest absolute Gasteiger partial charge is 0.313 e. The van der Waals surface area contributed by atoms with Crippen molar-refractivity contribution in [1.82, 2.24) is 15.1 Å². The maximum atomic E-state index is 4.42. The monoisotopic (exact) mass is 277 g/mol. The number of aromatic nitrogens is 2. The van der Waals surface area contributed by atoms with E-state index in [0.717, 1.165) is 31.3 Å². The van der Waals surface area contributed by atoms with Crippen LogP contribution in [0.25, 0.3) is 0 Å². The Bertz CT molecular complexity index is 385. The predicted octanol–water partition coefficient (Wildman–Crippen LogP) is 3.64. The molecular weight excluding hydrogens is 246 g/mol. The lowest BCUT2D eigenvalue weighted by atomic mass is 9.77. The Morgan fingerprint density at radius 2 is 2.25 bits per heavy atom. The molecule has 20 heavy (non-hydrogen) atoms. The molecule has 1 aromatic heterocycles. The van der Waals surface area contributed by atoms with Gasteiger partial charge in [-0.05, 0) is 56.6 Å². The van der Waals surface area contributed by atoms with E-state index in [-0.39, 0.29) is 0 Å². The SMILES string of the molecule is CCCNC(Cc1cnn(CC)c1)C1CCCC(C)C1. The standard InChI is InChI=1S/C17H31N3/c1-4-9-18-17(16-8-6-7-14(3)10-16)11-15-12-19-20(5-2)13-15/h12-14,16-18H,4-11H2,1-3H3. The van der Waals surface area contributed by atoms with Crippen LogP contribution < -0.4 is 5.32 Å². The van der Waals surface area contributed by atoms with Crippen LogP contribution in [0.4, 0.5) is 0 Å². The lowest BCUT2D eigenvalue weighted by molar-refractivity contribution is 0.221. The predicted molar refractivity (Wildman–Crippen MR) is 84.8 cm³/mol. The lowest BCUT2D eigenvalue weighted by Crippen LogP contribution is -2.40. The van der Waals surface area contributed by atoms with Crippen molar-refractivity contribution in [3.05, 3.63) is 18.0 Å². The van der Waals surface area contributed by atoms with E-state index in [1.54, 1.807) is 0 Å². The lowest BCUT2D eigenvalue weighted by Gasteiger charge is -2.34. The second-order valence-electron chi connectivity index (χ2n) is 6.50. The Balaban J connectivity index is 1.98. The summed E-state index contributed by atoms with van der Waals surface area (Å²) in [5, 5.41) is 8.22. The summed E-state index contributed by atoms with van der Waals surface area (Å²) in [6, 6.07) is 0.632. The average Bonchev–Trinajstić information content (AvgIpc) is 2.91. The Morgan fingerprint density at radius 3 is 2.90 bits per heavy atom. The third-order valence-corrected chi connectivity index (χ3v) is 4.67. The molecule has 1 aromatic rings. The minimum atomic E-state index is 0.632. The van der Waals surface area contributed by atoms with Gasteiger partial charge in [0.2, 0.25) is 0 Å². The zero-order chi connectivity index (χ0) is 14.4. The van der Waals surface area contributed by atoms with E-state index in [0.29, 0.717) is 6.04 Å². The molecule has 0 amide bonds. The van der Waals surface area contributed by atoms with E-state index in [1.807, 2.05) is 4.68 Å². The second kappa shape index (κ2) is 7.82. The first kappa shape index (κ1) is 15.6. The fourth-order valence-electron chi connectivity index (χ4n) is 3.52. The van der Waals surface area contributed by atoms with Gasteiger partial charge < -0.3 is 5.32 Å². The number of aryl methyl sites for hydroxylation is 1. The van der Waals surface area contributed by atoms with Crippen LogP contribution in [0.3, 0.4) is 0 Å². The highest BCUT2D eigenvalue weighted by Crippen LogP contribution is 2.31. The van der Waals surface area contributed by atoms with E-state index < -0.39 is 0 Å². The van der Waals surface area contributed by atoms with Crippen molar-refractivity contribution in [1.29, 1.82) is 0 Å². The van der Waals surface area contributed by atoms with Crippen LogP contribution in [-0.4, -0.2) is 22.4 Å². The highest BCUT2D eigenvalue weighted by Gasteiger charge is 2.26. The first-order chi connectivity index (χ1) is 9.72. The van der Waals surface area contributed by atoms with Crippen LogP contribution in [0.2, 0.25) is 0 Å². The minimum Gasteiger partial charge on any atom is -0.313 e. The third-order valence-electron chi connectivity index (χ3n) is 4.67. The fraction of sp³-hybridized carbons (Fsp3) is 0.824. The van der Waals surface area contributed by atoms with Gasteiger partial charge in [-0.15, -0.1) is 0 Å². The molecule has 0 radical (unpaired) electrons. The van der Waals surface area contributed by atoms with Crippen molar-refractivity contribution < 1.29 is 0 Å². The molecule has 114 valence electrons. The van der Waals surface area contributed by atoms with E-state index in [1.165, 1.54) is 37.7 Å². The molecule has 1 saturated carbocycles. The van der Waals surface area contributed by atoms with Gasteiger partial charge in [-0.1, -0.05) is 26.7 Å². The highest BCUT2D eigenvalue weighted by molar-refractivity contribution is 5.07. The van der Waals surface area contributed by atoms with Crippen LogP contribution >= 0.6 is 0 Å². The van der Waals surface area contributed by atoms with Gasteiger partial charge in [0, 0.05) is 18.8 Å². The Kier molecular flexibility index (Phi) is 6.08. The molecule has 0 aliphatic heterocycles. The molecular formula is C17H31N3. The van der Waals surface area contributed by atoms with Gasteiger partial charge in [-0.3, -0.25) is 4.68 Å². The molecule has 1 aliphatic rings. The molecule has 3 unspecified atom stereocenters. The Hall–Kier alpha value is -0.830. The van der Waals surface area contributed by atoms with Gasteiger partial charge in [0.25, 0.3) is 0 Å². The summed E-state index contributed by atoms with van der Waals surface area (Å²) in [6.07, 6.45) is 12.2. The first-order valence-electron chi connectivity index (χ1n) is 8.47. The zero-order valence-corrected chi connectivity index (χ0v) is 13.4. The van der Waals surface area contributed by atoms with E-state index in [4.69, 9.17) is 0 Å². The molecule has 2 rings (SSSR count). The summed E-state index contributed by atoms with van der Waals surface area (Å²) in [6.45, 7) is 8.91. The van der Waals surface area contributed by atoms with Crippen LogP contribution in [0.5, 0.6) is 0 Å². The molecule has 3 atom stereocenters. The van der Waals surface area contributed by atoms with Crippen molar-refractivity contribution in [3.63, 3.8) is 0 Å². The molecule has 1 fully saturated rings. The summed E-state index contributed by atoms with van der Waals surface area (Å²) in [4.78, 5) is 0. The first-order valence-corrected chi connectivity index (χ1v) is 8.47. The molecule has 0 spiro atoms. The topological polar surface area (TPSA) is 29.9 Å².